The third-order valence-electron chi connectivity index (χ3n) is 15.6. The molecule has 1 amide bonds. The Morgan fingerprint density at radius 3 is 2.09 bits per heavy atom. The number of methoxy groups -OCH3 is 3. The number of esters is 5. The molecule has 21 nitrogen and oxygen atoms in total. The summed E-state index contributed by atoms with van der Waals surface area (Å²) in [5, 5.41) is 22.9. The van der Waals surface area contributed by atoms with E-state index in [9.17, 15) is 48.6 Å². The average molecular weight is 1120 g/mol. The van der Waals surface area contributed by atoms with Gasteiger partial charge >= 0.3 is 29.8 Å². The lowest BCUT2D eigenvalue weighted by Crippen LogP contribution is -2.64. The Hall–Kier alpha value is -4.90. The number of carbonyl (C=O) groups excluding carboxylic acids is 8. The van der Waals surface area contributed by atoms with Crippen LogP contribution in [-0.2, 0) is 85.7 Å². The molecule has 4 aliphatic rings. The molecule has 21 heteroatoms. The summed E-state index contributed by atoms with van der Waals surface area (Å²) in [5.41, 5.74) is 1.45. The lowest BCUT2D eigenvalue weighted by molar-refractivity contribution is -0.302. The monoisotopic (exact) mass is 1120 g/mol. The summed E-state index contributed by atoms with van der Waals surface area (Å²) in [4.78, 5) is 109. The van der Waals surface area contributed by atoms with Crippen LogP contribution in [0.5, 0.6) is 0 Å². The van der Waals surface area contributed by atoms with E-state index in [1.54, 1.807) is 33.8 Å². The molecule has 3 aliphatic heterocycles. The Morgan fingerprint density at radius 2 is 1.47 bits per heavy atom. The molecule has 0 aromatic heterocycles. The molecule has 0 aromatic rings. The number of piperidine rings is 1. The lowest BCUT2D eigenvalue weighted by atomic mass is 9.81. The van der Waals surface area contributed by atoms with Gasteiger partial charge in [-0.1, -0.05) is 51.5 Å². The summed E-state index contributed by atoms with van der Waals surface area (Å²) >= 11 is 0. The maximum Gasteiger partial charge on any atom is 0.329 e. The summed E-state index contributed by atoms with van der Waals surface area (Å²) in [6.07, 6.45) is 1.89. The van der Waals surface area contributed by atoms with E-state index in [2.05, 4.69) is 6.58 Å². The molecule has 3 fully saturated rings. The van der Waals surface area contributed by atoms with E-state index in [0.717, 1.165) is 10.5 Å². The van der Waals surface area contributed by atoms with E-state index in [1.165, 1.54) is 35.2 Å². The van der Waals surface area contributed by atoms with Crippen molar-refractivity contribution >= 4 is 47.3 Å². The summed E-state index contributed by atoms with van der Waals surface area (Å²) in [5.74, 6) is -12.0. The Bertz CT molecular complexity index is 2140. The highest BCUT2D eigenvalue weighted by molar-refractivity contribution is 6.39. The van der Waals surface area contributed by atoms with Crippen LogP contribution in [0.2, 0.25) is 0 Å². The normalized spacial score (nSPS) is 33.0. The van der Waals surface area contributed by atoms with Crippen molar-refractivity contribution in [1.29, 1.82) is 0 Å². The van der Waals surface area contributed by atoms with Crippen molar-refractivity contribution in [2.24, 2.45) is 35.5 Å². The van der Waals surface area contributed by atoms with E-state index in [4.69, 9.17) is 47.4 Å². The molecule has 0 spiro atoms. The minimum absolute atomic E-state index is 0.00409. The quantitative estimate of drug-likeness (QED) is 0.0522. The molecule has 1 unspecified atom stereocenters. The van der Waals surface area contributed by atoms with Crippen molar-refractivity contribution < 1.29 is 95.9 Å². The van der Waals surface area contributed by atoms with E-state index in [0.29, 0.717) is 50.5 Å². The summed E-state index contributed by atoms with van der Waals surface area (Å²) < 4.78 is 57.4. The third kappa shape index (κ3) is 19.7. The second-order valence-corrected chi connectivity index (χ2v) is 22.3. The van der Waals surface area contributed by atoms with Gasteiger partial charge in [-0.25, -0.2) is 4.79 Å². The smallest absolute Gasteiger partial charge is 0.329 e. The molecule has 2 saturated heterocycles. The summed E-state index contributed by atoms with van der Waals surface area (Å²) in [6, 6.07) is -1.26. The number of cyclic esters (lactones) is 1. The van der Waals surface area contributed by atoms with Gasteiger partial charge in [0, 0.05) is 78.7 Å². The van der Waals surface area contributed by atoms with Gasteiger partial charge in [0.05, 0.1) is 30.5 Å². The van der Waals surface area contributed by atoms with Crippen molar-refractivity contribution in [3.8, 4) is 0 Å². The van der Waals surface area contributed by atoms with E-state index in [-0.39, 0.29) is 75.9 Å². The fraction of sp³-hybridized carbons (Fsp3) is 0.759. The number of aliphatic hydroxyl groups excluding tert-OH is 1. The molecular formula is C58H89NO20. The van der Waals surface area contributed by atoms with Crippen molar-refractivity contribution in [1.82, 2.24) is 4.90 Å². The van der Waals surface area contributed by atoms with Crippen LogP contribution in [0.15, 0.2) is 36.0 Å². The van der Waals surface area contributed by atoms with Crippen LogP contribution in [0.3, 0.4) is 0 Å². The van der Waals surface area contributed by atoms with Crippen molar-refractivity contribution in [2.45, 2.75) is 200 Å². The van der Waals surface area contributed by atoms with Gasteiger partial charge in [-0.3, -0.25) is 33.6 Å². The Kier molecular flexibility index (Phi) is 26.9. The number of hydrogen-bond donors (Lipinski definition) is 2. The van der Waals surface area contributed by atoms with Gasteiger partial charge < -0.3 is 62.5 Å². The Labute approximate surface area is 465 Å². The number of allylic oxidation sites excluding steroid dienone is 4. The van der Waals surface area contributed by atoms with Gasteiger partial charge in [0.25, 0.3) is 11.7 Å². The highest BCUT2D eigenvalue weighted by Gasteiger charge is 2.57. The maximum atomic E-state index is 14.9. The van der Waals surface area contributed by atoms with Gasteiger partial charge in [-0.2, -0.15) is 0 Å². The fourth-order valence-corrected chi connectivity index (χ4v) is 11.3. The van der Waals surface area contributed by atoms with E-state index in [1.807, 2.05) is 26.0 Å². The molecular weight excluding hydrogens is 1030 g/mol. The van der Waals surface area contributed by atoms with Crippen LogP contribution in [0, 0.1) is 35.5 Å². The molecule has 2 bridgehead atoms. The lowest BCUT2D eigenvalue weighted by Gasteiger charge is -2.47. The SMILES string of the molecule is C=CC[C@@H]1/C=C(\C)C[C@H](C)C[C@H](OC)[C@H]2O[C@@](O)(C(=O)C(=O)N3CCCC[C@H]3C(=O)O[C@H](/C(C)=C/[C@@H]3CC[C@@H](O)[C@H](OC)C3)[C@H](C)[C@@H](OCOC(=O)CC(C)CC(=O)OC(COC(C)=O)COC(C)=O)CC1=O)[C@H](C)C[C@@H]2OC. The first-order chi connectivity index (χ1) is 37.3. The molecule has 2 N–H and O–H groups in total. The highest BCUT2D eigenvalue weighted by Crippen LogP contribution is 2.39. The zero-order valence-electron chi connectivity index (χ0n) is 48.3. The van der Waals surface area contributed by atoms with E-state index < -0.39 is 133 Å². The molecule has 1 aliphatic carbocycles. The van der Waals surface area contributed by atoms with Crippen LogP contribution < -0.4 is 0 Å². The van der Waals surface area contributed by atoms with Gasteiger partial charge in [-0.05, 0) is 101 Å². The van der Waals surface area contributed by atoms with Crippen molar-refractivity contribution in [3.05, 3.63) is 36.0 Å². The van der Waals surface area contributed by atoms with Crippen LogP contribution >= 0.6 is 0 Å². The number of ketones is 2. The van der Waals surface area contributed by atoms with Crippen LogP contribution in [0.1, 0.15) is 139 Å². The van der Waals surface area contributed by atoms with Gasteiger partial charge in [0.1, 0.15) is 37.2 Å². The van der Waals surface area contributed by atoms with Gasteiger partial charge in [-0.15, -0.1) is 6.58 Å². The number of nitrogens with zero attached hydrogens (tertiary/aromatic N) is 1. The second-order valence-electron chi connectivity index (χ2n) is 22.3. The zero-order valence-corrected chi connectivity index (χ0v) is 48.3. The number of fused-ring (bicyclic) bond motifs is 3. The van der Waals surface area contributed by atoms with Crippen molar-refractivity contribution in [3.63, 3.8) is 0 Å². The molecule has 4 rings (SSSR count). The van der Waals surface area contributed by atoms with E-state index >= 15 is 0 Å². The summed E-state index contributed by atoms with van der Waals surface area (Å²) in [6.45, 7) is 15.6. The third-order valence-corrected chi connectivity index (χ3v) is 15.6. The maximum absolute atomic E-state index is 14.9. The standard InChI is InChI=1S/C58H89NO20/c1-13-16-42-22-33(2)21-34(3)23-49(71-11)54-50(72-12)27-37(6)58(69,79-54)55(66)56(67)59-20-15-14-17-44(59)57(68)78-53(36(5)26-41-18-19-45(62)48(28-41)70-10)38(7)47(29-46(42)63)75-32-76-51(64)24-35(4)25-52(65)77-43(30-73-39(8)60)31-74-40(9)61/h13,22,26,34-35,37-38,41-45,47-50,53-54,62,69H,1,14-21,23-25,27-32H2,2-12H3/b33-22+,36-26+/t34-,35?,37+,38+,41-,42+,44-,45+,47-,48+,49-,50-,53+,54+,58+/m0/s1. The van der Waals surface area contributed by atoms with Gasteiger partial charge in [0.15, 0.2) is 12.9 Å². The second kappa shape index (κ2) is 31.9. The highest BCUT2D eigenvalue weighted by atomic mass is 16.7. The largest absolute Gasteiger partial charge is 0.462 e. The number of carbonyl (C=O) groups is 8. The van der Waals surface area contributed by atoms with Crippen LogP contribution in [-0.4, -0.2) is 171 Å². The zero-order chi connectivity index (χ0) is 58.7. The molecule has 15 atom stereocenters. The first kappa shape index (κ1) is 66.6. The molecule has 0 aromatic carbocycles. The Morgan fingerprint density at radius 1 is 0.835 bits per heavy atom. The molecule has 79 heavy (non-hydrogen) atoms. The fourth-order valence-electron chi connectivity index (χ4n) is 11.3. The minimum atomic E-state index is -2.60. The predicted octanol–water partition coefficient (Wildman–Crippen LogP) is 5.62. The molecule has 0 radical (unpaired) electrons. The van der Waals surface area contributed by atoms with Gasteiger partial charge in [0.2, 0.25) is 5.79 Å². The molecule has 3 heterocycles. The summed E-state index contributed by atoms with van der Waals surface area (Å²) in [7, 11) is 4.52. The number of rotatable bonds is 19. The predicted molar refractivity (Wildman–Crippen MR) is 284 cm³/mol. The Balaban J connectivity index is 1.74. The molecule has 1 saturated carbocycles. The average Bonchev–Trinajstić information content (AvgIpc) is 3.43. The molecule has 446 valence electrons. The number of hydrogen-bond acceptors (Lipinski definition) is 20. The first-order valence-corrected chi connectivity index (χ1v) is 27.8. The van der Waals surface area contributed by atoms with Crippen molar-refractivity contribution in [2.75, 3.05) is 47.9 Å². The number of ether oxygens (including phenoxy) is 10. The number of aliphatic hydroxyl groups is 2. The van der Waals surface area contributed by atoms with Crippen LogP contribution in [0.4, 0.5) is 0 Å². The topological polar surface area (TPSA) is 273 Å². The number of amides is 1. The first-order valence-electron chi connectivity index (χ1n) is 27.8. The minimum Gasteiger partial charge on any atom is -0.462 e. The number of Topliss-reactive ketones (excluding diaryl/α,β-unsaturated/α-hetero) is 2. The van der Waals surface area contributed by atoms with Crippen LogP contribution in [0.25, 0.3) is 0 Å².